The van der Waals surface area contributed by atoms with Crippen molar-refractivity contribution < 1.29 is 0 Å². The molecule has 0 atom stereocenters. The number of aryl methyl sites for hydroxylation is 2. The summed E-state index contributed by atoms with van der Waals surface area (Å²) in [6, 6.07) is 8.72. The van der Waals surface area contributed by atoms with Crippen LogP contribution in [0.15, 0.2) is 37.4 Å². The van der Waals surface area contributed by atoms with Crippen molar-refractivity contribution in [2.45, 2.75) is 13.8 Å². The number of hydrogen-bond donors (Lipinski definition) is 0. The van der Waals surface area contributed by atoms with Crippen LogP contribution < -0.4 is 0 Å². The third-order valence-electron chi connectivity index (χ3n) is 3.06. The average molecular weight is 208 g/mol. The third-order valence-corrected chi connectivity index (χ3v) is 3.06. The zero-order valence-corrected chi connectivity index (χ0v) is 9.88. The van der Waals surface area contributed by atoms with Crippen molar-refractivity contribution in [3.63, 3.8) is 0 Å². The fourth-order valence-corrected chi connectivity index (χ4v) is 2.19. The van der Waals surface area contributed by atoms with E-state index in [4.69, 9.17) is 0 Å². The van der Waals surface area contributed by atoms with Gasteiger partial charge in [0.25, 0.3) is 0 Å². The van der Waals surface area contributed by atoms with E-state index >= 15 is 0 Å². The molecule has 2 aromatic carbocycles. The average Bonchev–Trinajstić information content (AvgIpc) is 2.28. The number of benzene rings is 2. The van der Waals surface area contributed by atoms with E-state index in [1.54, 1.807) is 0 Å². The second kappa shape index (κ2) is 3.97. The molecule has 0 heteroatoms. The van der Waals surface area contributed by atoms with Gasteiger partial charge in [-0.05, 0) is 47.4 Å². The molecule has 0 amide bonds. The summed E-state index contributed by atoms with van der Waals surface area (Å²) >= 11 is 0. The van der Waals surface area contributed by atoms with E-state index < -0.39 is 0 Å². The van der Waals surface area contributed by atoms with Crippen LogP contribution in [0, 0.1) is 13.8 Å². The molecule has 0 aliphatic heterocycles. The molecule has 0 radical (unpaired) electrons. The van der Waals surface area contributed by atoms with E-state index in [1.807, 2.05) is 12.2 Å². The van der Waals surface area contributed by atoms with Gasteiger partial charge >= 0.3 is 0 Å². The molecule has 80 valence electrons. The van der Waals surface area contributed by atoms with Crippen LogP contribution in [-0.4, -0.2) is 0 Å². The van der Waals surface area contributed by atoms with Crippen molar-refractivity contribution in [2.24, 2.45) is 0 Å². The summed E-state index contributed by atoms with van der Waals surface area (Å²) in [5.41, 5.74) is 4.91. The van der Waals surface area contributed by atoms with E-state index in [2.05, 4.69) is 51.3 Å². The second-order valence-corrected chi connectivity index (χ2v) is 4.14. The van der Waals surface area contributed by atoms with Crippen LogP contribution in [-0.2, 0) is 0 Å². The molecule has 0 aliphatic carbocycles. The first kappa shape index (κ1) is 10.7. The van der Waals surface area contributed by atoms with Crippen molar-refractivity contribution in [1.29, 1.82) is 0 Å². The van der Waals surface area contributed by atoms with Gasteiger partial charge in [-0.1, -0.05) is 49.1 Å². The summed E-state index contributed by atoms with van der Waals surface area (Å²) in [7, 11) is 0. The van der Waals surface area contributed by atoms with Crippen molar-refractivity contribution in [3.05, 3.63) is 59.7 Å². The van der Waals surface area contributed by atoms with Gasteiger partial charge in [-0.3, -0.25) is 0 Å². The van der Waals surface area contributed by atoms with E-state index in [-0.39, 0.29) is 0 Å². The first-order valence-electron chi connectivity index (χ1n) is 5.46. The minimum absolute atomic E-state index is 1.16. The molecule has 0 bridgehead atoms. The van der Waals surface area contributed by atoms with E-state index in [0.717, 1.165) is 5.56 Å². The Hall–Kier alpha value is -1.82. The maximum atomic E-state index is 3.88. The Labute approximate surface area is 96.9 Å². The monoisotopic (exact) mass is 208 g/mol. The van der Waals surface area contributed by atoms with Gasteiger partial charge in [-0.25, -0.2) is 0 Å². The van der Waals surface area contributed by atoms with E-state index in [1.165, 1.54) is 27.5 Å². The van der Waals surface area contributed by atoms with Gasteiger partial charge in [0.05, 0.1) is 0 Å². The molecule has 0 unspecified atom stereocenters. The van der Waals surface area contributed by atoms with Gasteiger partial charge in [0.15, 0.2) is 0 Å². The molecule has 0 aromatic heterocycles. The number of rotatable bonds is 2. The molecular formula is C16H16. The highest BCUT2D eigenvalue weighted by Crippen LogP contribution is 2.27. The Morgan fingerprint density at radius 2 is 1.75 bits per heavy atom. The van der Waals surface area contributed by atoms with E-state index in [0.29, 0.717) is 0 Å². The predicted molar refractivity (Wildman–Crippen MR) is 73.6 cm³/mol. The molecule has 2 aromatic rings. The maximum Gasteiger partial charge on any atom is -0.0148 e. The van der Waals surface area contributed by atoms with Crippen LogP contribution in [0.5, 0.6) is 0 Å². The molecule has 0 nitrogen and oxygen atoms in total. The minimum Gasteiger partial charge on any atom is -0.0984 e. The summed E-state index contributed by atoms with van der Waals surface area (Å²) < 4.78 is 0. The van der Waals surface area contributed by atoms with Crippen LogP contribution in [0.3, 0.4) is 0 Å². The van der Waals surface area contributed by atoms with E-state index in [9.17, 15) is 0 Å². The predicted octanol–water partition coefficient (Wildman–Crippen LogP) is 4.74. The lowest BCUT2D eigenvalue weighted by Crippen LogP contribution is -1.89. The van der Waals surface area contributed by atoms with Gasteiger partial charge in [0.2, 0.25) is 0 Å². The SMILES string of the molecule is C=Cc1cc2cc(C)ccc2c(C)c1C=C. The number of hydrogen-bond acceptors (Lipinski definition) is 0. The highest BCUT2D eigenvalue weighted by atomic mass is 14.1. The van der Waals surface area contributed by atoms with Crippen molar-refractivity contribution in [3.8, 4) is 0 Å². The van der Waals surface area contributed by atoms with Crippen LogP contribution in [0.4, 0.5) is 0 Å². The van der Waals surface area contributed by atoms with Gasteiger partial charge in [-0.15, -0.1) is 0 Å². The Bertz CT molecular complexity index is 574. The fraction of sp³-hybridized carbons (Fsp3) is 0.125. The van der Waals surface area contributed by atoms with Gasteiger partial charge < -0.3 is 0 Å². The molecule has 0 aliphatic rings. The Morgan fingerprint density at radius 3 is 2.38 bits per heavy atom. The summed E-state index contributed by atoms with van der Waals surface area (Å²) in [5.74, 6) is 0. The Balaban J connectivity index is 2.92. The molecule has 16 heavy (non-hydrogen) atoms. The summed E-state index contributed by atoms with van der Waals surface area (Å²) in [6.07, 6.45) is 3.80. The van der Waals surface area contributed by atoms with Crippen molar-refractivity contribution in [1.82, 2.24) is 0 Å². The van der Waals surface area contributed by atoms with Crippen LogP contribution in [0.2, 0.25) is 0 Å². The highest BCUT2D eigenvalue weighted by molar-refractivity contribution is 5.92. The maximum absolute atomic E-state index is 3.88. The summed E-state index contributed by atoms with van der Waals surface area (Å²) in [6.45, 7) is 12.0. The molecular weight excluding hydrogens is 192 g/mol. The van der Waals surface area contributed by atoms with Gasteiger partial charge in [0.1, 0.15) is 0 Å². The topological polar surface area (TPSA) is 0 Å². The Morgan fingerprint density at radius 1 is 1.00 bits per heavy atom. The zero-order chi connectivity index (χ0) is 11.7. The second-order valence-electron chi connectivity index (χ2n) is 4.14. The fourth-order valence-electron chi connectivity index (χ4n) is 2.19. The quantitative estimate of drug-likeness (QED) is 0.668. The van der Waals surface area contributed by atoms with Crippen LogP contribution in [0.1, 0.15) is 22.3 Å². The zero-order valence-electron chi connectivity index (χ0n) is 9.88. The molecule has 0 fully saturated rings. The molecule has 0 saturated carbocycles. The lowest BCUT2D eigenvalue weighted by molar-refractivity contribution is 1.45. The minimum atomic E-state index is 1.16. The molecule has 0 heterocycles. The largest absolute Gasteiger partial charge is 0.0984 e. The smallest absolute Gasteiger partial charge is 0.0148 e. The standard InChI is InChI=1S/C16H16/c1-5-13-10-14-9-11(3)7-8-16(14)12(4)15(13)6-2/h5-10H,1-2H2,3-4H3. The highest BCUT2D eigenvalue weighted by Gasteiger charge is 2.05. The normalized spacial score (nSPS) is 10.4. The van der Waals surface area contributed by atoms with Gasteiger partial charge in [-0.2, -0.15) is 0 Å². The van der Waals surface area contributed by atoms with Crippen LogP contribution in [0.25, 0.3) is 22.9 Å². The van der Waals surface area contributed by atoms with Crippen molar-refractivity contribution in [2.75, 3.05) is 0 Å². The summed E-state index contributed by atoms with van der Waals surface area (Å²) in [5, 5.41) is 2.57. The van der Waals surface area contributed by atoms with Crippen molar-refractivity contribution >= 4 is 22.9 Å². The van der Waals surface area contributed by atoms with Gasteiger partial charge in [0, 0.05) is 0 Å². The molecule has 0 spiro atoms. The van der Waals surface area contributed by atoms with Crippen LogP contribution >= 0.6 is 0 Å². The first-order valence-corrected chi connectivity index (χ1v) is 5.46. The number of fused-ring (bicyclic) bond motifs is 1. The third kappa shape index (κ3) is 1.57. The molecule has 2 rings (SSSR count). The molecule has 0 saturated heterocycles. The lowest BCUT2D eigenvalue weighted by atomic mass is 9.94. The first-order chi connectivity index (χ1) is 7.67. The Kier molecular flexibility index (Phi) is 2.66. The lowest BCUT2D eigenvalue weighted by Gasteiger charge is -2.10. The molecule has 0 N–H and O–H groups in total. The summed E-state index contributed by atoms with van der Waals surface area (Å²) in [4.78, 5) is 0.